The maximum Gasteiger partial charge on any atom is 0.182 e. The molecule has 2 aromatic carbocycles. The molecule has 2 nitrogen and oxygen atoms in total. The maximum atomic E-state index is 13.5. The van der Waals surface area contributed by atoms with Crippen LogP contribution in [0.5, 0.6) is 5.75 Å². The van der Waals surface area contributed by atoms with E-state index < -0.39 is 17.5 Å². The topological polar surface area (TPSA) is 21.3 Å². The highest BCUT2D eigenvalue weighted by atomic mass is 19.2. The van der Waals surface area contributed by atoms with Crippen molar-refractivity contribution >= 4 is 5.69 Å². The summed E-state index contributed by atoms with van der Waals surface area (Å²) in [7, 11) is 0. The summed E-state index contributed by atoms with van der Waals surface area (Å²) >= 11 is 0. The number of benzene rings is 2. The SMILES string of the molecule is C=CCOc1ccc(CNc2cc(F)cc(F)c2F)cc1. The molecule has 5 heteroatoms. The van der Waals surface area contributed by atoms with Gasteiger partial charge in [0.2, 0.25) is 0 Å². The smallest absolute Gasteiger partial charge is 0.182 e. The Morgan fingerprint density at radius 2 is 1.81 bits per heavy atom. The van der Waals surface area contributed by atoms with E-state index in [1.807, 2.05) is 0 Å². The Balaban J connectivity index is 2.01. The largest absolute Gasteiger partial charge is 0.490 e. The van der Waals surface area contributed by atoms with E-state index in [4.69, 9.17) is 4.74 Å². The molecule has 0 fully saturated rings. The van der Waals surface area contributed by atoms with Gasteiger partial charge in [-0.2, -0.15) is 0 Å². The first-order chi connectivity index (χ1) is 10.1. The summed E-state index contributed by atoms with van der Waals surface area (Å²) in [6, 6.07) is 8.48. The fourth-order valence-corrected chi connectivity index (χ4v) is 1.74. The molecule has 0 aromatic heterocycles. The lowest BCUT2D eigenvalue weighted by atomic mass is 10.2. The number of halogens is 3. The van der Waals surface area contributed by atoms with Gasteiger partial charge in [-0.3, -0.25) is 0 Å². The van der Waals surface area contributed by atoms with Gasteiger partial charge >= 0.3 is 0 Å². The lowest BCUT2D eigenvalue weighted by molar-refractivity contribution is 0.363. The summed E-state index contributed by atoms with van der Waals surface area (Å²) in [4.78, 5) is 0. The van der Waals surface area contributed by atoms with Gasteiger partial charge in [0.15, 0.2) is 11.6 Å². The van der Waals surface area contributed by atoms with Crippen LogP contribution in [0.25, 0.3) is 0 Å². The van der Waals surface area contributed by atoms with Gasteiger partial charge in [0.25, 0.3) is 0 Å². The van der Waals surface area contributed by atoms with Crippen LogP contribution in [0.1, 0.15) is 5.56 Å². The number of ether oxygens (including phenoxy) is 1. The van der Waals surface area contributed by atoms with Crippen LogP contribution in [0.2, 0.25) is 0 Å². The van der Waals surface area contributed by atoms with Crippen molar-refractivity contribution in [2.24, 2.45) is 0 Å². The molecular weight excluding hydrogens is 279 g/mol. The van der Waals surface area contributed by atoms with E-state index in [0.717, 1.165) is 11.6 Å². The van der Waals surface area contributed by atoms with Crippen molar-refractivity contribution < 1.29 is 17.9 Å². The fraction of sp³-hybridized carbons (Fsp3) is 0.125. The Bertz CT molecular complexity index is 626. The van der Waals surface area contributed by atoms with Crippen molar-refractivity contribution in [1.29, 1.82) is 0 Å². The van der Waals surface area contributed by atoms with Crippen LogP contribution >= 0.6 is 0 Å². The van der Waals surface area contributed by atoms with Crippen molar-refractivity contribution in [2.75, 3.05) is 11.9 Å². The molecule has 0 amide bonds. The summed E-state index contributed by atoms with van der Waals surface area (Å²) in [5, 5.41) is 2.66. The predicted octanol–water partition coefficient (Wildman–Crippen LogP) is 4.28. The molecule has 0 saturated heterocycles. The molecular formula is C16H14F3NO. The summed E-state index contributed by atoms with van der Waals surface area (Å²) < 4.78 is 44.9. The Hall–Kier alpha value is -2.43. The van der Waals surface area contributed by atoms with Gasteiger partial charge in [-0.15, -0.1) is 0 Å². The maximum absolute atomic E-state index is 13.5. The van der Waals surface area contributed by atoms with E-state index in [9.17, 15) is 13.2 Å². The second-order valence-electron chi connectivity index (χ2n) is 4.35. The highest BCUT2D eigenvalue weighted by molar-refractivity contribution is 5.46. The zero-order valence-corrected chi connectivity index (χ0v) is 11.2. The highest BCUT2D eigenvalue weighted by Crippen LogP contribution is 2.20. The summed E-state index contributed by atoms with van der Waals surface area (Å²) in [5.74, 6) is -2.46. The van der Waals surface area contributed by atoms with Gasteiger partial charge in [-0.05, 0) is 17.7 Å². The lowest BCUT2D eigenvalue weighted by Crippen LogP contribution is -2.03. The van der Waals surface area contributed by atoms with E-state index in [-0.39, 0.29) is 12.2 Å². The van der Waals surface area contributed by atoms with E-state index in [1.165, 1.54) is 0 Å². The lowest BCUT2D eigenvalue weighted by Gasteiger charge is -2.09. The first kappa shape index (κ1) is 15.0. The Kier molecular flexibility index (Phi) is 4.87. The van der Waals surface area contributed by atoms with Crippen LogP contribution in [0.15, 0.2) is 49.1 Å². The molecule has 2 aromatic rings. The molecule has 0 heterocycles. The molecule has 0 radical (unpaired) electrons. The quantitative estimate of drug-likeness (QED) is 0.634. The number of hydrogen-bond acceptors (Lipinski definition) is 2. The second kappa shape index (κ2) is 6.83. The minimum atomic E-state index is -1.22. The van der Waals surface area contributed by atoms with Crippen molar-refractivity contribution in [3.05, 3.63) is 72.1 Å². The van der Waals surface area contributed by atoms with E-state index in [2.05, 4.69) is 11.9 Å². The molecule has 21 heavy (non-hydrogen) atoms. The predicted molar refractivity (Wildman–Crippen MR) is 75.8 cm³/mol. The van der Waals surface area contributed by atoms with Gasteiger partial charge in [0.1, 0.15) is 18.2 Å². The van der Waals surface area contributed by atoms with Gasteiger partial charge in [0.05, 0.1) is 5.69 Å². The summed E-state index contributed by atoms with van der Waals surface area (Å²) in [5.41, 5.74) is 0.615. The van der Waals surface area contributed by atoms with E-state index in [0.29, 0.717) is 18.4 Å². The molecule has 0 saturated carbocycles. The van der Waals surface area contributed by atoms with Gasteiger partial charge < -0.3 is 10.1 Å². The Morgan fingerprint density at radius 3 is 2.48 bits per heavy atom. The highest BCUT2D eigenvalue weighted by Gasteiger charge is 2.10. The van der Waals surface area contributed by atoms with Crippen molar-refractivity contribution in [2.45, 2.75) is 6.54 Å². The van der Waals surface area contributed by atoms with Gasteiger partial charge in [-0.25, -0.2) is 13.2 Å². The fourth-order valence-electron chi connectivity index (χ4n) is 1.74. The van der Waals surface area contributed by atoms with Crippen LogP contribution in [0, 0.1) is 17.5 Å². The van der Waals surface area contributed by atoms with Crippen LogP contribution in [-0.2, 0) is 6.54 Å². The van der Waals surface area contributed by atoms with E-state index in [1.54, 1.807) is 30.3 Å². The molecule has 0 aliphatic carbocycles. The third-order valence-electron chi connectivity index (χ3n) is 2.77. The molecule has 0 bridgehead atoms. The van der Waals surface area contributed by atoms with Crippen molar-refractivity contribution in [1.82, 2.24) is 0 Å². The van der Waals surface area contributed by atoms with Gasteiger partial charge in [-0.1, -0.05) is 24.8 Å². The minimum absolute atomic E-state index is 0.209. The Labute approximate surface area is 120 Å². The third kappa shape index (κ3) is 4.02. The zero-order valence-electron chi connectivity index (χ0n) is 11.2. The van der Waals surface area contributed by atoms with Crippen LogP contribution in [0.3, 0.4) is 0 Å². The average Bonchev–Trinajstić information content (AvgIpc) is 2.48. The molecule has 110 valence electrons. The summed E-state index contributed by atoms with van der Waals surface area (Å²) in [6.45, 7) is 4.19. The molecule has 0 spiro atoms. The molecule has 2 rings (SSSR count). The molecule has 0 atom stereocenters. The Morgan fingerprint density at radius 1 is 1.10 bits per heavy atom. The monoisotopic (exact) mass is 293 g/mol. The molecule has 0 aliphatic rings. The number of rotatable bonds is 6. The molecule has 0 unspecified atom stereocenters. The first-order valence-corrected chi connectivity index (χ1v) is 6.31. The zero-order chi connectivity index (χ0) is 15.2. The average molecular weight is 293 g/mol. The first-order valence-electron chi connectivity index (χ1n) is 6.31. The molecule has 1 N–H and O–H groups in total. The van der Waals surface area contributed by atoms with E-state index >= 15 is 0 Å². The molecule has 0 aliphatic heterocycles. The van der Waals surface area contributed by atoms with Crippen molar-refractivity contribution in [3.63, 3.8) is 0 Å². The number of anilines is 1. The number of hydrogen-bond donors (Lipinski definition) is 1. The summed E-state index contributed by atoms with van der Waals surface area (Å²) in [6.07, 6.45) is 1.64. The standard InChI is InChI=1S/C16H14F3NO/c1-2-7-21-13-5-3-11(4-6-13)10-20-15-9-12(17)8-14(18)16(15)19/h2-6,8-9,20H,1,7,10H2. The second-order valence-corrected chi connectivity index (χ2v) is 4.35. The van der Waals surface area contributed by atoms with Crippen LogP contribution in [-0.4, -0.2) is 6.61 Å². The van der Waals surface area contributed by atoms with Crippen LogP contribution in [0.4, 0.5) is 18.9 Å². The minimum Gasteiger partial charge on any atom is -0.490 e. The van der Waals surface area contributed by atoms with Crippen molar-refractivity contribution in [3.8, 4) is 5.75 Å². The van der Waals surface area contributed by atoms with Crippen LogP contribution < -0.4 is 10.1 Å². The van der Waals surface area contributed by atoms with Gasteiger partial charge in [0, 0.05) is 18.7 Å². The number of nitrogens with one attached hydrogen (secondary N) is 1. The third-order valence-corrected chi connectivity index (χ3v) is 2.77. The normalized spacial score (nSPS) is 10.2.